The average molecular weight is 261 g/mol. The van der Waals surface area contributed by atoms with E-state index in [2.05, 4.69) is 15.3 Å². The van der Waals surface area contributed by atoms with Crippen LogP contribution in [0.4, 0.5) is 5.95 Å². The second-order valence-corrected chi connectivity index (χ2v) is 4.98. The lowest BCUT2D eigenvalue weighted by Crippen LogP contribution is -2.52. The van der Waals surface area contributed by atoms with E-state index in [-0.39, 0.29) is 11.9 Å². The molecule has 0 bridgehead atoms. The third-order valence-electron chi connectivity index (χ3n) is 3.78. The largest absolute Gasteiger partial charge is 0.338 e. The second kappa shape index (κ2) is 5.52. The van der Waals surface area contributed by atoms with Crippen LogP contribution in [0.3, 0.4) is 0 Å². The van der Waals surface area contributed by atoms with E-state index in [1.54, 1.807) is 18.5 Å². The lowest BCUT2D eigenvalue weighted by Gasteiger charge is -2.32. The first-order chi connectivity index (χ1) is 9.36. The fraction of sp³-hybridized carbons (Fsp3) is 0.615. The minimum atomic E-state index is -0.0829. The highest BCUT2D eigenvalue weighted by Gasteiger charge is 2.35. The van der Waals surface area contributed by atoms with E-state index in [9.17, 15) is 4.79 Å². The third kappa shape index (κ3) is 2.53. The summed E-state index contributed by atoms with van der Waals surface area (Å²) >= 11 is 0. The Hall–Kier alpha value is -1.69. The van der Waals surface area contributed by atoms with Gasteiger partial charge in [-0.3, -0.25) is 4.79 Å². The van der Waals surface area contributed by atoms with Gasteiger partial charge in [0.05, 0.1) is 0 Å². The molecule has 0 aliphatic carbocycles. The molecule has 2 aliphatic heterocycles. The highest BCUT2D eigenvalue weighted by atomic mass is 16.2. The van der Waals surface area contributed by atoms with Crippen molar-refractivity contribution in [1.82, 2.24) is 20.2 Å². The van der Waals surface area contributed by atoms with Crippen molar-refractivity contribution >= 4 is 11.9 Å². The van der Waals surface area contributed by atoms with E-state index < -0.39 is 0 Å². The number of aromatic nitrogens is 2. The van der Waals surface area contributed by atoms with E-state index >= 15 is 0 Å². The van der Waals surface area contributed by atoms with E-state index in [1.165, 1.54) is 0 Å². The molecule has 6 heteroatoms. The van der Waals surface area contributed by atoms with Crippen LogP contribution in [0.15, 0.2) is 18.5 Å². The minimum absolute atomic E-state index is 0.0829. The van der Waals surface area contributed by atoms with Gasteiger partial charge in [-0.25, -0.2) is 9.97 Å². The zero-order chi connectivity index (χ0) is 13.1. The molecule has 0 saturated carbocycles. The number of nitrogens with zero attached hydrogens (tertiary/aromatic N) is 4. The van der Waals surface area contributed by atoms with Gasteiger partial charge in [0.2, 0.25) is 11.9 Å². The van der Waals surface area contributed by atoms with Gasteiger partial charge in [-0.1, -0.05) is 0 Å². The van der Waals surface area contributed by atoms with Gasteiger partial charge >= 0.3 is 0 Å². The van der Waals surface area contributed by atoms with Crippen LogP contribution in [0.2, 0.25) is 0 Å². The quantitative estimate of drug-likeness (QED) is 0.804. The van der Waals surface area contributed by atoms with Crippen molar-refractivity contribution in [2.45, 2.75) is 18.9 Å². The Morgan fingerprint density at radius 3 is 2.68 bits per heavy atom. The molecule has 19 heavy (non-hydrogen) atoms. The summed E-state index contributed by atoms with van der Waals surface area (Å²) in [6, 6.07) is 1.72. The zero-order valence-electron chi connectivity index (χ0n) is 11.0. The Balaban J connectivity index is 1.74. The predicted molar refractivity (Wildman–Crippen MR) is 71.8 cm³/mol. The van der Waals surface area contributed by atoms with Crippen LogP contribution in [0.5, 0.6) is 0 Å². The van der Waals surface area contributed by atoms with Gasteiger partial charge in [0.25, 0.3) is 0 Å². The molecule has 0 aromatic carbocycles. The molecule has 0 spiro atoms. The SMILES string of the molecule is O=C(C1CCCN1c1ncccn1)N1CCNCC1. The number of hydrogen-bond donors (Lipinski definition) is 1. The summed E-state index contributed by atoms with van der Waals surface area (Å²) in [7, 11) is 0. The summed E-state index contributed by atoms with van der Waals surface area (Å²) in [5.41, 5.74) is 0. The van der Waals surface area contributed by atoms with Crippen LogP contribution in [-0.4, -0.2) is 59.5 Å². The Labute approximate surface area is 112 Å². The first kappa shape index (κ1) is 12.3. The van der Waals surface area contributed by atoms with E-state index in [0.29, 0.717) is 5.95 Å². The number of anilines is 1. The molecular formula is C13H19N5O. The zero-order valence-corrected chi connectivity index (χ0v) is 11.0. The van der Waals surface area contributed by atoms with Crippen molar-refractivity contribution in [3.8, 4) is 0 Å². The van der Waals surface area contributed by atoms with Crippen LogP contribution in [0.1, 0.15) is 12.8 Å². The highest BCUT2D eigenvalue weighted by molar-refractivity contribution is 5.85. The smallest absolute Gasteiger partial charge is 0.245 e. The molecule has 1 aromatic heterocycles. The molecule has 3 heterocycles. The molecule has 3 rings (SSSR count). The van der Waals surface area contributed by atoms with Crippen molar-refractivity contribution in [2.24, 2.45) is 0 Å². The van der Waals surface area contributed by atoms with E-state index in [1.807, 2.05) is 9.80 Å². The Bertz CT molecular complexity index is 432. The Kier molecular flexibility index (Phi) is 3.59. The molecular weight excluding hydrogens is 242 g/mol. The van der Waals surface area contributed by atoms with Gasteiger partial charge in [-0.15, -0.1) is 0 Å². The van der Waals surface area contributed by atoms with Crippen molar-refractivity contribution < 1.29 is 4.79 Å². The topological polar surface area (TPSA) is 61.4 Å². The third-order valence-corrected chi connectivity index (χ3v) is 3.78. The summed E-state index contributed by atoms with van der Waals surface area (Å²) < 4.78 is 0. The van der Waals surface area contributed by atoms with Crippen molar-refractivity contribution in [3.63, 3.8) is 0 Å². The minimum Gasteiger partial charge on any atom is -0.338 e. The fourth-order valence-corrected chi connectivity index (χ4v) is 2.80. The van der Waals surface area contributed by atoms with E-state index in [0.717, 1.165) is 45.6 Å². The van der Waals surface area contributed by atoms with Crippen molar-refractivity contribution in [3.05, 3.63) is 18.5 Å². The van der Waals surface area contributed by atoms with Crippen LogP contribution in [0, 0.1) is 0 Å². The molecule has 1 amide bonds. The molecule has 1 atom stereocenters. The maximum Gasteiger partial charge on any atom is 0.245 e. The first-order valence-electron chi connectivity index (χ1n) is 6.89. The number of nitrogens with one attached hydrogen (secondary N) is 1. The van der Waals surface area contributed by atoms with Crippen LogP contribution in [0.25, 0.3) is 0 Å². The van der Waals surface area contributed by atoms with E-state index in [4.69, 9.17) is 0 Å². The van der Waals surface area contributed by atoms with Gasteiger partial charge in [0, 0.05) is 45.1 Å². The Morgan fingerprint density at radius 2 is 1.95 bits per heavy atom. The molecule has 0 radical (unpaired) electrons. The summed E-state index contributed by atoms with van der Waals surface area (Å²) in [4.78, 5) is 25.1. The summed E-state index contributed by atoms with van der Waals surface area (Å²) in [5.74, 6) is 0.903. The number of amides is 1. The number of carbonyl (C=O) groups is 1. The molecule has 2 saturated heterocycles. The number of piperazine rings is 1. The second-order valence-electron chi connectivity index (χ2n) is 4.98. The number of hydrogen-bond acceptors (Lipinski definition) is 5. The molecule has 102 valence electrons. The fourth-order valence-electron chi connectivity index (χ4n) is 2.80. The number of rotatable bonds is 2. The summed E-state index contributed by atoms with van der Waals surface area (Å²) in [6.45, 7) is 4.25. The summed E-state index contributed by atoms with van der Waals surface area (Å²) in [5, 5.41) is 3.27. The Morgan fingerprint density at radius 1 is 1.21 bits per heavy atom. The van der Waals surface area contributed by atoms with Crippen LogP contribution >= 0.6 is 0 Å². The summed E-state index contributed by atoms with van der Waals surface area (Å²) in [6.07, 6.45) is 5.39. The lowest BCUT2D eigenvalue weighted by molar-refractivity contribution is -0.133. The maximum absolute atomic E-state index is 12.6. The standard InChI is InChI=1S/C13H19N5O/c19-12(17-9-6-14-7-10-17)11-3-1-8-18(11)13-15-4-2-5-16-13/h2,4-5,11,14H,1,3,6-10H2. The van der Waals surface area contributed by atoms with Crippen LogP contribution in [-0.2, 0) is 4.79 Å². The van der Waals surface area contributed by atoms with Crippen LogP contribution < -0.4 is 10.2 Å². The maximum atomic E-state index is 12.6. The predicted octanol–water partition coefficient (Wildman–Crippen LogP) is -0.123. The van der Waals surface area contributed by atoms with Gasteiger partial charge < -0.3 is 15.1 Å². The van der Waals surface area contributed by atoms with Gasteiger partial charge in [0.1, 0.15) is 6.04 Å². The van der Waals surface area contributed by atoms with Gasteiger partial charge in [0.15, 0.2) is 0 Å². The molecule has 1 N–H and O–H groups in total. The van der Waals surface area contributed by atoms with Crippen molar-refractivity contribution in [1.29, 1.82) is 0 Å². The molecule has 6 nitrogen and oxygen atoms in total. The highest BCUT2D eigenvalue weighted by Crippen LogP contribution is 2.23. The molecule has 2 aliphatic rings. The monoisotopic (exact) mass is 261 g/mol. The van der Waals surface area contributed by atoms with Gasteiger partial charge in [-0.2, -0.15) is 0 Å². The first-order valence-corrected chi connectivity index (χ1v) is 6.89. The van der Waals surface area contributed by atoms with Crippen molar-refractivity contribution in [2.75, 3.05) is 37.6 Å². The average Bonchev–Trinajstić information content (AvgIpc) is 2.98. The molecule has 1 aromatic rings. The normalized spacial score (nSPS) is 23.7. The number of carbonyl (C=O) groups excluding carboxylic acids is 1. The molecule has 1 unspecified atom stereocenters. The van der Waals surface area contributed by atoms with Gasteiger partial charge in [-0.05, 0) is 18.9 Å². The lowest BCUT2D eigenvalue weighted by atomic mass is 10.2. The molecule has 2 fully saturated rings.